The molecule has 0 radical (unpaired) electrons. The molecule has 0 aliphatic heterocycles. The van der Waals surface area contributed by atoms with E-state index in [2.05, 4.69) is 25.2 Å². The molecule has 0 N–H and O–H groups in total. The van der Waals surface area contributed by atoms with Crippen molar-refractivity contribution in [3.05, 3.63) is 23.8 Å². The maximum atomic E-state index is 2.41. The van der Waals surface area contributed by atoms with Crippen LogP contribution in [0.2, 0.25) is 0 Å². The van der Waals surface area contributed by atoms with Crippen molar-refractivity contribution in [3.8, 4) is 0 Å². The number of rotatable bonds is 0. The van der Waals surface area contributed by atoms with Crippen molar-refractivity contribution in [2.45, 2.75) is 19.8 Å². The highest BCUT2D eigenvalue weighted by Crippen LogP contribution is 2.34. The zero-order chi connectivity index (χ0) is 6.27. The highest BCUT2D eigenvalue weighted by atomic mass is 14.3. The Labute approximate surface area is 56.3 Å². The predicted molar refractivity (Wildman–Crippen MR) is 39.1 cm³/mol. The summed E-state index contributed by atoms with van der Waals surface area (Å²) in [5.41, 5.74) is 1.59. The van der Waals surface area contributed by atoms with Crippen molar-refractivity contribution in [2.75, 3.05) is 0 Å². The minimum Gasteiger partial charge on any atom is -0.0810 e. The molecule has 3 aliphatic rings. The fourth-order valence-electron chi connectivity index (χ4n) is 1.82. The summed E-state index contributed by atoms with van der Waals surface area (Å²) >= 11 is 0. The van der Waals surface area contributed by atoms with Crippen LogP contribution in [0.3, 0.4) is 0 Å². The molecular formula is C9H12. The van der Waals surface area contributed by atoms with E-state index in [4.69, 9.17) is 0 Å². The molecule has 2 bridgehead atoms. The second-order valence-corrected chi connectivity index (χ2v) is 3.14. The van der Waals surface area contributed by atoms with Crippen molar-refractivity contribution in [3.63, 3.8) is 0 Å². The Morgan fingerprint density at radius 1 is 1.33 bits per heavy atom. The van der Waals surface area contributed by atoms with Crippen molar-refractivity contribution >= 4 is 0 Å². The minimum atomic E-state index is 0.787. The summed E-state index contributed by atoms with van der Waals surface area (Å²) < 4.78 is 0. The summed E-state index contributed by atoms with van der Waals surface area (Å²) in [7, 11) is 0. The molecule has 48 valence electrons. The van der Waals surface area contributed by atoms with E-state index in [9.17, 15) is 0 Å². The van der Waals surface area contributed by atoms with Crippen LogP contribution < -0.4 is 0 Å². The number of hydrogen-bond acceptors (Lipinski definition) is 0. The van der Waals surface area contributed by atoms with Crippen LogP contribution in [0.4, 0.5) is 0 Å². The lowest BCUT2D eigenvalue weighted by atomic mass is 9.77. The maximum Gasteiger partial charge on any atom is -0.00253 e. The second kappa shape index (κ2) is 1.73. The van der Waals surface area contributed by atoms with Gasteiger partial charge in [0.15, 0.2) is 0 Å². The summed E-state index contributed by atoms with van der Waals surface area (Å²) in [5.74, 6) is 1.59. The Hall–Kier alpha value is -0.520. The average Bonchev–Trinajstić information content (AvgIpc) is 1.90. The van der Waals surface area contributed by atoms with Gasteiger partial charge in [-0.3, -0.25) is 0 Å². The van der Waals surface area contributed by atoms with Gasteiger partial charge in [0.25, 0.3) is 0 Å². The van der Waals surface area contributed by atoms with Gasteiger partial charge >= 0.3 is 0 Å². The van der Waals surface area contributed by atoms with E-state index in [1.165, 1.54) is 12.8 Å². The van der Waals surface area contributed by atoms with Crippen molar-refractivity contribution in [1.29, 1.82) is 0 Å². The molecule has 2 atom stereocenters. The van der Waals surface area contributed by atoms with Gasteiger partial charge in [-0.25, -0.2) is 0 Å². The van der Waals surface area contributed by atoms with Gasteiger partial charge in [0.2, 0.25) is 0 Å². The van der Waals surface area contributed by atoms with Gasteiger partial charge in [0.1, 0.15) is 0 Å². The van der Waals surface area contributed by atoms with Crippen LogP contribution in [0.15, 0.2) is 23.8 Å². The van der Waals surface area contributed by atoms with Crippen molar-refractivity contribution in [2.24, 2.45) is 11.8 Å². The maximum absolute atomic E-state index is 2.41. The first-order chi connectivity index (χ1) is 4.36. The Balaban J connectivity index is 2.34. The molecule has 0 spiro atoms. The Bertz CT molecular complexity index is 174. The van der Waals surface area contributed by atoms with Crippen LogP contribution in [0, 0.1) is 11.8 Å². The quantitative estimate of drug-likeness (QED) is 0.431. The first kappa shape index (κ1) is 5.28. The lowest BCUT2D eigenvalue weighted by Crippen LogP contribution is -2.14. The first-order valence-corrected chi connectivity index (χ1v) is 3.73. The van der Waals surface area contributed by atoms with Crippen LogP contribution in [-0.2, 0) is 0 Å². The number of fused-ring (bicyclic) bond motifs is 1. The highest BCUT2D eigenvalue weighted by molar-refractivity contribution is 5.24. The summed E-state index contributed by atoms with van der Waals surface area (Å²) in [6.07, 6.45) is 9.90. The Morgan fingerprint density at radius 3 is 2.44 bits per heavy atom. The number of hydrogen-bond donors (Lipinski definition) is 0. The van der Waals surface area contributed by atoms with E-state index >= 15 is 0 Å². The van der Waals surface area contributed by atoms with Gasteiger partial charge in [-0.2, -0.15) is 0 Å². The van der Waals surface area contributed by atoms with Crippen LogP contribution in [0.25, 0.3) is 0 Å². The normalized spacial score (nSPS) is 39.0. The van der Waals surface area contributed by atoms with Crippen molar-refractivity contribution in [1.82, 2.24) is 0 Å². The van der Waals surface area contributed by atoms with E-state index in [1.54, 1.807) is 5.57 Å². The van der Waals surface area contributed by atoms with Gasteiger partial charge in [-0.05, 0) is 31.6 Å². The molecule has 0 nitrogen and oxygen atoms in total. The SMILES string of the molecule is CC1=CC2C=CC1CC2. The lowest BCUT2D eigenvalue weighted by molar-refractivity contribution is 0.505. The van der Waals surface area contributed by atoms with E-state index in [0.717, 1.165) is 11.8 Å². The van der Waals surface area contributed by atoms with E-state index < -0.39 is 0 Å². The first-order valence-electron chi connectivity index (χ1n) is 3.73. The molecule has 3 rings (SSSR count). The molecule has 0 aromatic carbocycles. The summed E-state index contributed by atoms with van der Waals surface area (Å²) in [5, 5.41) is 0. The molecule has 0 aromatic rings. The third-order valence-electron chi connectivity index (χ3n) is 2.46. The summed E-state index contributed by atoms with van der Waals surface area (Å²) in [6, 6.07) is 0. The fraction of sp³-hybridized carbons (Fsp3) is 0.556. The van der Waals surface area contributed by atoms with Gasteiger partial charge in [-0.15, -0.1) is 0 Å². The molecular weight excluding hydrogens is 108 g/mol. The van der Waals surface area contributed by atoms with Crippen molar-refractivity contribution < 1.29 is 0 Å². The van der Waals surface area contributed by atoms with Crippen LogP contribution >= 0.6 is 0 Å². The molecule has 2 unspecified atom stereocenters. The Kier molecular flexibility index (Phi) is 1.01. The molecule has 0 amide bonds. The molecule has 0 aromatic heterocycles. The monoisotopic (exact) mass is 120 g/mol. The molecule has 0 heteroatoms. The van der Waals surface area contributed by atoms with Gasteiger partial charge in [0.05, 0.1) is 0 Å². The number of allylic oxidation sites excluding steroid dienone is 4. The molecule has 0 fully saturated rings. The Morgan fingerprint density at radius 2 is 2.22 bits per heavy atom. The van der Waals surface area contributed by atoms with Crippen LogP contribution in [0.5, 0.6) is 0 Å². The average molecular weight is 120 g/mol. The topological polar surface area (TPSA) is 0 Å². The highest BCUT2D eigenvalue weighted by Gasteiger charge is 2.20. The lowest BCUT2D eigenvalue weighted by Gasteiger charge is -2.28. The third kappa shape index (κ3) is 0.735. The summed E-state index contributed by atoms with van der Waals surface area (Å²) in [6.45, 7) is 2.25. The fourth-order valence-corrected chi connectivity index (χ4v) is 1.82. The minimum absolute atomic E-state index is 0.787. The molecule has 0 saturated heterocycles. The van der Waals surface area contributed by atoms with E-state index in [1.807, 2.05) is 0 Å². The van der Waals surface area contributed by atoms with Crippen LogP contribution in [0.1, 0.15) is 19.8 Å². The van der Waals surface area contributed by atoms with Crippen LogP contribution in [-0.4, -0.2) is 0 Å². The standard InChI is InChI=1S/C9H12/c1-7-6-8-2-4-9(7)5-3-8/h2,4,6,8-9H,3,5H2,1H3. The van der Waals surface area contributed by atoms with Gasteiger partial charge < -0.3 is 0 Å². The second-order valence-electron chi connectivity index (χ2n) is 3.14. The molecule has 3 aliphatic carbocycles. The summed E-state index contributed by atoms with van der Waals surface area (Å²) in [4.78, 5) is 0. The van der Waals surface area contributed by atoms with E-state index in [0.29, 0.717) is 0 Å². The van der Waals surface area contributed by atoms with Gasteiger partial charge in [0, 0.05) is 0 Å². The zero-order valence-electron chi connectivity index (χ0n) is 5.80. The smallest absolute Gasteiger partial charge is 0.00253 e. The largest absolute Gasteiger partial charge is 0.0810 e. The van der Waals surface area contributed by atoms with E-state index in [-0.39, 0.29) is 0 Å². The molecule has 9 heavy (non-hydrogen) atoms. The third-order valence-corrected chi connectivity index (χ3v) is 2.46. The predicted octanol–water partition coefficient (Wildman–Crippen LogP) is 2.53. The molecule has 0 saturated carbocycles. The zero-order valence-corrected chi connectivity index (χ0v) is 5.80. The van der Waals surface area contributed by atoms with Gasteiger partial charge in [-0.1, -0.05) is 23.8 Å². The molecule has 0 heterocycles.